The first kappa shape index (κ1) is 22.5. The minimum Gasteiger partial charge on any atom is -0.308 e. The largest absolute Gasteiger partial charge is 0.308 e. The second-order valence-corrected chi connectivity index (χ2v) is 10.8. The van der Waals surface area contributed by atoms with Crippen LogP contribution in [0.25, 0.3) is 11.8 Å². The van der Waals surface area contributed by atoms with Gasteiger partial charge in [0, 0.05) is 10.4 Å². The maximum absolute atomic E-state index is 6.20. The number of hydrogen-bond donors (Lipinski definition) is 0. The highest BCUT2D eigenvalue weighted by Crippen LogP contribution is 2.51. The van der Waals surface area contributed by atoms with Crippen molar-refractivity contribution in [2.24, 2.45) is 4.99 Å². The van der Waals surface area contributed by atoms with E-state index in [1.54, 1.807) is 11.8 Å². The molecular weight excluding hydrogens is 468 g/mol. The molecule has 0 saturated carbocycles. The molecule has 0 fully saturated rings. The van der Waals surface area contributed by atoms with Gasteiger partial charge >= 0.3 is 0 Å². The number of hydrogen-bond acceptors (Lipinski definition) is 3. The van der Waals surface area contributed by atoms with Crippen LogP contribution < -0.4 is 0 Å². The molecule has 2 aliphatic heterocycles. The standard InChI is InChI=1S/C31H27ClN2S/c1-20-6-10-22(11-7-20)18-25-4-3-5-27-29(25)33-31-34(30(27)24-12-8-21(2)9-13-24)28(19-35-31)23-14-16-26(32)17-15-23/h6-19,30H,3-5H2,1-2H3/b25-18+. The molecule has 0 saturated heterocycles. The Morgan fingerprint density at radius 2 is 1.57 bits per heavy atom. The van der Waals surface area contributed by atoms with Crippen LogP contribution in [0.1, 0.15) is 53.1 Å². The summed E-state index contributed by atoms with van der Waals surface area (Å²) in [6.07, 6.45) is 5.61. The van der Waals surface area contributed by atoms with Crippen LogP contribution in [0.5, 0.6) is 0 Å². The molecule has 6 rings (SSSR count). The second kappa shape index (κ2) is 9.22. The van der Waals surface area contributed by atoms with Crippen molar-refractivity contribution < 1.29 is 0 Å². The Hall–Kier alpha value is -3.01. The van der Waals surface area contributed by atoms with Gasteiger partial charge in [0.2, 0.25) is 0 Å². The van der Waals surface area contributed by atoms with E-state index in [-0.39, 0.29) is 6.04 Å². The lowest BCUT2D eigenvalue weighted by Gasteiger charge is -2.40. The first-order valence-corrected chi connectivity index (χ1v) is 13.4. The number of nitrogens with zero attached hydrogens (tertiary/aromatic N) is 2. The van der Waals surface area contributed by atoms with Gasteiger partial charge in [-0.3, -0.25) is 0 Å². The van der Waals surface area contributed by atoms with Crippen LogP contribution in [0.15, 0.2) is 100 Å². The molecular formula is C31H27ClN2S. The number of allylic oxidation sites excluding steroid dienone is 1. The normalized spacial score (nSPS) is 20.5. The summed E-state index contributed by atoms with van der Waals surface area (Å²) in [5.41, 5.74) is 11.4. The summed E-state index contributed by atoms with van der Waals surface area (Å²) in [7, 11) is 0. The number of thioether (sulfide) groups is 1. The molecule has 0 spiro atoms. The summed E-state index contributed by atoms with van der Waals surface area (Å²) in [5, 5.41) is 4.05. The lowest BCUT2D eigenvalue weighted by Crippen LogP contribution is -2.34. The number of rotatable bonds is 3. The van der Waals surface area contributed by atoms with Crippen molar-refractivity contribution in [1.82, 2.24) is 4.90 Å². The van der Waals surface area contributed by atoms with E-state index in [9.17, 15) is 0 Å². The third-order valence-electron chi connectivity index (χ3n) is 6.99. The van der Waals surface area contributed by atoms with Gasteiger partial charge in [-0.25, -0.2) is 4.99 Å². The summed E-state index contributed by atoms with van der Waals surface area (Å²) in [6, 6.07) is 26.1. The van der Waals surface area contributed by atoms with Crippen molar-refractivity contribution in [2.45, 2.75) is 39.2 Å². The average molecular weight is 495 g/mol. The van der Waals surface area contributed by atoms with Crippen LogP contribution in [0.3, 0.4) is 0 Å². The highest BCUT2D eigenvalue weighted by Gasteiger charge is 2.40. The van der Waals surface area contributed by atoms with Crippen molar-refractivity contribution in [3.05, 3.63) is 128 Å². The van der Waals surface area contributed by atoms with Gasteiger partial charge < -0.3 is 4.90 Å². The molecule has 3 aliphatic rings. The van der Waals surface area contributed by atoms with Crippen LogP contribution in [0, 0.1) is 13.8 Å². The maximum atomic E-state index is 6.20. The predicted molar refractivity (Wildman–Crippen MR) is 150 cm³/mol. The number of benzene rings is 3. The molecule has 0 bridgehead atoms. The quantitative estimate of drug-likeness (QED) is 0.361. The van der Waals surface area contributed by atoms with E-state index in [0.717, 1.165) is 29.5 Å². The Labute approximate surface area is 216 Å². The number of amidine groups is 1. The number of halogens is 1. The Kier molecular flexibility index (Phi) is 5.91. The lowest BCUT2D eigenvalue weighted by molar-refractivity contribution is 0.458. The third kappa shape index (κ3) is 4.28. The van der Waals surface area contributed by atoms with Crippen LogP contribution in [-0.4, -0.2) is 10.1 Å². The fourth-order valence-corrected chi connectivity index (χ4v) is 6.21. The fraction of sp³-hybridized carbons (Fsp3) is 0.194. The number of aliphatic imine (C=N–C) groups is 1. The van der Waals surface area contributed by atoms with Gasteiger partial charge in [-0.1, -0.05) is 95.2 Å². The predicted octanol–water partition coefficient (Wildman–Crippen LogP) is 8.94. The Balaban J connectivity index is 1.48. The van der Waals surface area contributed by atoms with Crippen LogP contribution in [-0.2, 0) is 0 Å². The molecule has 0 radical (unpaired) electrons. The van der Waals surface area contributed by atoms with E-state index in [1.807, 2.05) is 12.1 Å². The highest BCUT2D eigenvalue weighted by atomic mass is 35.5. The SMILES string of the molecule is Cc1ccc(/C=C2\CCCC3=C2N=C2SC=C(c4ccc(Cl)cc4)N2C3c2ccc(C)cc2)cc1. The Morgan fingerprint density at radius 3 is 2.29 bits per heavy atom. The zero-order chi connectivity index (χ0) is 23.9. The minimum atomic E-state index is 0.136. The van der Waals surface area contributed by atoms with Crippen LogP contribution in [0.2, 0.25) is 5.02 Å². The van der Waals surface area contributed by atoms with Gasteiger partial charge in [0.05, 0.1) is 17.4 Å². The summed E-state index contributed by atoms with van der Waals surface area (Å²) in [5.74, 6) is 0. The van der Waals surface area contributed by atoms with Crippen LogP contribution >= 0.6 is 23.4 Å². The Morgan fingerprint density at radius 1 is 0.886 bits per heavy atom. The van der Waals surface area contributed by atoms with E-state index >= 15 is 0 Å². The molecule has 35 heavy (non-hydrogen) atoms. The number of fused-ring (bicyclic) bond motifs is 1. The molecule has 1 atom stereocenters. The van der Waals surface area contributed by atoms with Crippen molar-refractivity contribution in [2.75, 3.05) is 0 Å². The van der Waals surface area contributed by atoms with Gasteiger partial charge in [0.15, 0.2) is 5.17 Å². The van der Waals surface area contributed by atoms with E-state index in [0.29, 0.717) is 0 Å². The zero-order valence-electron chi connectivity index (χ0n) is 20.0. The van der Waals surface area contributed by atoms with Gasteiger partial charge in [0.25, 0.3) is 0 Å². The monoisotopic (exact) mass is 494 g/mol. The number of aryl methyl sites for hydroxylation is 2. The van der Waals surface area contributed by atoms with E-state index < -0.39 is 0 Å². The lowest BCUT2D eigenvalue weighted by atomic mass is 9.82. The van der Waals surface area contributed by atoms with Crippen LogP contribution in [0.4, 0.5) is 0 Å². The van der Waals surface area contributed by atoms with Gasteiger partial charge in [-0.2, -0.15) is 0 Å². The molecule has 0 aromatic heterocycles. The smallest absolute Gasteiger partial charge is 0.174 e. The Bertz CT molecular complexity index is 1390. The second-order valence-electron chi connectivity index (χ2n) is 9.51. The minimum absolute atomic E-state index is 0.136. The third-order valence-corrected chi connectivity index (χ3v) is 8.08. The van der Waals surface area contributed by atoms with E-state index in [4.69, 9.17) is 16.6 Å². The molecule has 0 N–H and O–H groups in total. The molecule has 174 valence electrons. The van der Waals surface area contributed by atoms with Crippen molar-refractivity contribution in [3.8, 4) is 0 Å². The molecule has 0 amide bonds. The van der Waals surface area contributed by atoms with Gasteiger partial charge in [-0.05, 0) is 79.2 Å². The molecule has 1 unspecified atom stereocenters. The van der Waals surface area contributed by atoms with E-state index in [2.05, 4.69) is 90.9 Å². The van der Waals surface area contributed by atoms with Crippen molar-refractivity contribution in [1.29, 1.82) is 0 Å². The zero-order valence-corrected chi connectivity index (χ0v) is 21.5. The topological polar surface area (TPSA) is 15.6 Å². The highest BCUT2D eigenvalue weighted by molar-refractivity contribution is 8.16. The summed E-state index contributed by atoms with van der Waals surface area (Å²) < 4.78 is 0. The summed E-state index contributed by atoms with van der Waals surface area (Å²) >= 11 is 7.92. The molecule has 3 aromatic carbocycles. The molecule has 3 aromatic rings. The van der Waals surface area contributed by atoms with Crippen molar-refractivity contribution in [3.63, 3.8) is 0 Å². The molecule has 4 heteroatoms. The molecule has 2 heterocycles. The first-order chi connectivity index (χ1) is 17.1. The molecule has 2 nitrogen and oxygen atoms in total. The molecule has 1 aliphatic carbocycles. The summed E-state index contributed by atoms with van der Waals surface area (Å²) in [6.45, 7) is 4.28. The van der Waals surface area contributed by atoms with E-state index in [1.165, 1.54) is 50.4 Å². The summed E-state index contributed by atoms with van der Waals surface area (Å²) in [4.78, 5) is 7.72. The average Bonchev–Trinajstić information content (AvgIpc) is 3.29. The van der Waals surface area contributed by atoms with Crippen molar-refractivity contribution >= 4 is 40.3 Å². The maximum Gasteiger partial charge on any atom is 0.174 e. The van der Waals surface area contributed by atoms with Gasteiger partial charge in [0.1, 0.15) is 0 Å². The fourth-order valence-electron chi connectivity index (χ4n) is 5.16. The first-order valence-electron chi connectivity index (χ1n) is 12.1. The van der Waals surface area contributed by atoms with Gasteiger partial charge in [-0.15, -0.1) is 0 Å².